The third-order valence-corrected chi connectivity index (χ3v) is 8.26. The summed E-state index contributed by atoms with van der Waals surface area (Å²) >= 11 is 0.819. The average Bonchev–Trinajstić information content (AvgIpc) is 3.33. The molecule has 8 nitrogen and oxygen atoms in total. The SMILES string of the molecule is O=C(Nc1ncc(S(=O)(=O)c2ccc([N+](=O)[O-])cc2)s1)c1ccccc1CCc1ccccc1. The van der Waals surface area contributed by atoms with Gasteiger partial charge < -0.3 is 0 Å². The van der Waals surface area contributed by atoms with Gasteiger partial charge in [-0.05, 0) is 42.2 Å². The minimum atomic E-state index is -3.93. The lowest BCUT2D eigenvalue weighted by Gasteiger charge is -2.09. The number of nitro benzene ring substituents is 1. The summed E-state index contributed by atoms with van der Waals surface area (Å²) in [5.74, 6) is -0.378. The number of hydrogen-bond donors (Lipinski definition) is 1. The zero-order valence-corrected chi connectivity index (χ0v) is 19.4. The van der Waals surface area contributed by atoms with Gasteiger partial charge in [-0.25, -0.2) is 13.4 Å². The van der Waals surface area contributed by atoms with Crippen molar-refractivity contribution in [3.63, 3.8) is 0 Å². The van der Waals surface area contributed by atoms with E-state index in [1.165, 1.54) is 23.9 Å². The van der Waals surface area contributed by atoms with Crippen LogP contribution >= 0.6 is 11.3 Å². The molecule has 172 valence electrons. The number of thiazole rings is 1. The van der Waals surface area contributed by atoms with E-state index in [2.05, 4.69) is 10.3 Å². The molecule has 0 aliphatic rings. The molecule has 1 amide bonds. The van der Waals surface area contributed by atoms with Gasteiger partial charge in [0.15, 0.2) is 5.13 Å². The maximum absolute atomic E-state index is 12.9. The molecule has 1 N–H and O–H groups in total. The van der Waals surface area contributed by atoms with Crippen molar-refractivity contribution in [2.24, 2.45) is 0 Å². The second-order valence-corrected chi connectivity index (χ2v) is 10.5. The van der Waals surface area contributed by atoms with E-state index in [0.29, 0.717) is 12.0 Å². The lowest BCUT2D eigenvalue weighted by Crippen LogP contribution is -2.14. The minimum Gasteiger partial charge on any atom is -0.298 e. The fraction of sp³-hybridized carbons (Fsp3) is 0.0833. The standard InChI is InChI=1S/C24H19N3O5S2/c28-23(21-9-5-4-8-18(21)11-10-17-6-2-1-3-7-17)26-24-25-16-22(33-24)34(31,32)20-14-12-19(13-15-20)27(29)30/h1-9,12-16H,10-11H2,(H,25,26,28). The molecule has 0 radical (unpaired) electrons. The Kier molecular flexibility index (Phi) is 6.80. The van der Waals surface area contributed by atoms with Crippen LogP contribution in [0.5, 0.6) is 0 Å². The quantitative estimate of drug-likeness (QED) is 0.275. The largest absolute Gasteiger partial charge is 0.298 e. The van der Waals surface area contributed by atoms with Crippen molar-refractivity contribution in [3.05, 3.63) is 112 Å². The van der Waals surface area contributed by atoms with Gasteiger partial charge in [0, 0.05) is 17.7 Å². The number of hydrogen-bond acceptors (Lipinski definition) is 7. The van der Waals surface area contributed by atoms with E-state index in [1.54, 1.807) is 12.1 Å². The molecule has 34 heavy (non-hydrogen) atoms. The van der Waals surface area contributed by atoms with Gasteiger partial charge in [0.05, 0.1) is 16.0 Å². The molecule has 0 spiro atoms. The molecule has 0 fully saturated rings. The summed E-state index contributed by atoms with van der Waals surface area (Å²) in [4.78, 5) is 27.1. The fourth-order valence-corrected chi connectivity index (χ4v) is 5.78. The number of carbonyl (C=O) groups excluding carboxylic acids is 1. The van der Waals surface area contributed by atoms with Gasteiger partial charge >= 0.3 is 0 Å². The van der Waals surface area contributed by atoms with Crippen LogP contribution in [0.2, 0.25) is 0 Å². The van der Waals surface area contributed by atoms with Crippen molar-refractivity contribution in [1.29, 1.82) is 0 Å². The number of nitrogens with one attached hydrogen (secondary N) is 1. The fourth-order valence-electron chi connectivity index (χ4n) is 3.35. The van der Waals surface area contributed by atoms with Gasteiger partial charge in [0.2, 0.25) is 9.84 Å². The third kappa shape index (κ3) is 5.19. The zero-order chi connectivity index (χ0) is 24.1. The predicted octanol–water partition coefficient (Wildman–Crippen LogP) is 4.92. The summed E-state index contributed by atoms with van der Waals surface area (Å²) in [5, 5.41) is 13.6. The molecule has 3 aromatic carbocycles. The molecule has 0 saturated heterocycles. The summed E-state index contributed by atoms with van der Waals surface area (Å²) in [6.45, 7) is 0. The number of nitro groups is 1. The van der Waals surface area contributed by atoms with Crippen molar-refractivity contribution in [3.8, 4) is 0 Å². The Bertz CT molecular complexity index is 1430. The number of rotatable bonds is 8. The highest BCUT2D eigenvalue weighted by Gasteiger charge is 2.23. The van der Waals surface area contributed by atoms with E-state index in [-0.39, 0.29) is 25.8 Å². The Morgan fingerprint density at radius 1 is 0.941 bits per heavy atom. The molecule has 4 aromatic rings. The number of benzene rings is 3. The van der Waals surface area contributed by atoms with E-state index >= 15 is 0 Å². The summed E-state index contributed by atoms with van der Waals surface area (Å²) in [6, 6.07) is 21.8. The second-order valence-electron chi connectivity index (χ2n) is 7.34. The van der Waals surface area contributed by atoms with Crippen LogP contribution in [-0.4, -0.2) is 24.2 Å². The summed E-state index contributed by atoms with van der Waals surface area (Å²) in [7, 11) is -3.93. The van der Waals surface area contributed by atoms with Crippen molar-refractivity contribution in [2.45, 2.75) is 21.9 Å². The number of amides is 1. The Balaban J connectivity index is 1.49. The smallest absolute Gasteiger partial charge is 0.269 e. The molecular weight excluding hydrogens is 474 g/mol. The lowest BCUT2D eigenvalue weighted by atomic mass is 9.99. The first kappa shape index (κ1) is 23.3. The number of aryl methyl sites for hydroxylation is 2. The minimum absolute atomic E-state index is 0.0750. The van der Waals surface area contributed by atoms with E-state index in [0.717, 1.165) is 35.5 Å². The first-order valence-electron chi connectivity index (χ1n) is 10.2. The molecule has 4 rings (SSSR count). The molecular formula is C24H19N3O5S2. The normalized spacial score (nSPS) is 11.2. The second kappa shape index (κ2) is 9.94. The van der Waals surface area contributed by atoms with E-state index in [9.17, 15) is 23.3 Å². The van der Waals surface area contributed by atoms with Crippen LogP contribution in [0, 0.1) is 10.1 Å². The first-order chi connectivity index (χ1) is 16.3. The molecule has 1 aromatic heterocycles. The van der Waals surface area contributed by atoms with Crippen LogP contribution in [0.4, 0.5) is 10.8 Å². The van der Waals surface area contributed by atoms with Crippen molar-refractivity contribution in [1.82, 2.24) is 4.98 Å². The topological polar surface area (TPSA) is 119 Å². The Hall–Kier alpha value is -3.89. The van der Waals surface area contributed by atoms with E-state index < -0.39 is 14.8 Å². The number of aromatic nitrogens is 1. The predicted molar refractivity (Wildman–Crippen MR) is 129 cm³/mol. The van der Waals surface area contributed by atoms with E-state index in [1.807, 2.05) is 42.5 Å². The molecule has 10 heteroatoms. The number of sulfone groups is 1. The first-order valence-corrected chi connectivity index (χ1v) is 12.5. The monoisotopic (exact) mass is 493 g/mol. The molecule has 0 atom stereocenters. The number of anilines is 1. The van der Waals surface area contributed by atoms with Crippen LogP contribution < -0.4 is 5.32 Å². The molecule has 1 heterocycles. The number of carbonyl (C=O) groups is 1. The van der Waals surface area contributed by atoms with Gasteiger partial charge in [0.1, 0.15) is 4.21 Å². The highest BCUT2D eigenvalue weighted by Crippen LogP contribution is 2.30. The van der Waals surface area contributed by atoms with Gasteiger partial charge in [0.25, 0.3) is 11.6 Å². The van der Waals surface area contributed by atoms with Gasteiger partial charge in [-0.15, -0.1) is 0 Å². The van der Waals surface area contributed by atoms with Crippen molar-refractivity contribution in [2.75, 3.05) is 5.32 Å². The van der Waals surface area contributed by atoms with Crippen LogP contribution in [0.1, 0.15) is 21.5 Å². The molecule has 0 saturated carbocycles. The van der Waals surface area contributed by atoms with Gasteiger partial charge in [-0.2, -0.15) is 0 Å². The van der Waals surface area contributed by atoms with Crippen LogP contribution in [0.15, 0.2) is 94.2 Å². The zero-order valence-electron chi connectivity index (χ0n) is 17.7. The Morgan fingerprint density at radius 3 is 2.32 bits per heavy atom. The lowest BCUT2D eigenvalue weighted by molar-refractivity contribution is -0.384. The van der Waals surface area contributed by atoms with Gasteiger partial charge in [-0.3, -0.25) is 20.2 Å². The van der Waals surface area contributed by atoms with Crippen LogP contribution in [-0.2, 0) is 22.7 Å². The number of nitrogens with zero attached hydrogens (tertiary/aromatic N) is 2. The third-order valence-electron chi connectivity index (χ3n) is 5.12. The summed E-state index contributed by atoms with van der Waals surface area (Å²) in [6.07, 6.45) is 2.61. The molecule has 0 bridgehead atoms. The molecule has 0 unspecified atom stereocenters. The van der Waals surface area contributed by atoms with Crippen LogP contribution in [0.3, 0.4) is 0 Å². The average molecular weight is 494 g/mol. The van der Waals surface area contributed by atoms with Crippen molar-refractivity contribution >= 4 is 37.9 Å². The van der Waals surface area contributed by atoms with Crippen molar-refractivity contribution < 1.29 is 18.1 Å². The summed E-state index contributed by atoms with van der Waals surface area (Å²) < 4.78 is 25.6. The highest BCUT2D eigenvalue weighted by molar-refractivity contribution is 7.93. The van der Waals surface area contributed by atoms with E-state index in [4.69, 9.17) is 0 Å². The van der Waals surface area contributed by atoms with Crippen LogP contribution in [0.25, 0.3) is 0 Å². The Morgan fingerprint density at radius 2 is 1.62 bits per heavy atom. The molecule has 0 aliphatic heterocycles. The Labute approximate surface area is 200 Å². The maximum Gasteiger partial charge on any atom is 0.269 e. The highest BCUT2D eigenvalue weighted by atomic mass is 32.2. The summed E-state index contributed by atoms with van der Waals surface area (Å²) in [5.41, 5.74) is 2.33. The number of non-ortho nitro benzene ring substituents is 1. The maximum atomic E-state index is 12.9. The molecule has 0 aliphatic carbocycles. The van der Waals surface area contributed by atoms with Gasteiger partial charge in [-0.1, -0.05) is 59.9 Å².